The number of amides is 1. The van der Waals surface area contributed by atoms with E-state index in [-0.39, 0.29) is 6.04 Å². The highest BCUT2D eigenvalue weighted by Crippen LogP contribution is 2.34. The lowest BCUT2D eigenvalue weighted by molar-refractivity contribution is -0.107. The fourth-order valence-corrected chi connectivity index (χ4v) is 4.24. The van der Waals surface area contributed by atoms with E-state index in [1.54, 1.807) is 11.0 Å². The predicted octanol–water partition coefficient (Wildman–Crippen LogP) is 5.13. The minimum atomic E-state index is -0.432. The number of benzene rings is 3. The van der Waals surface area contributed by atoms with Crippen molar-refractivity contribution >= 4 is 24.0 Å². The Morgan fingerprint density at radius 1 is 1.10 bits per heavy atom. The zero-order valence-corrected chi connectivity index (χ0v) is 17.8. The average molecular weight is 441 g/mol. The Hall–Kier alpha value is -2.90. The van der Waals surface area contributed by atoms with Gasteiger partial charge in [-0.25, -0.2) is 8.78 Å². The lowest BCUT2D eigenvalue weighted by Crippen LogP contribution is -2.27. The molecule has 3 aromatic carbocycles. The number of rotatable bonds is 3. The van der Waals surface area contributed by atoms with E-state index in [0.29, 0.717) is 17.7 Å². The van der Waals surface area contributed by atoms with Crippen LogP contribution in [0.4, 0.5) is 14.5 Å². The molecule has 4 nitrogen and oxygen atoms in total. The third kappa shape index (κ3) is 4.43. The maximum Gasteiger partial charge on any atom is 0.214 e. The van der Waals surface area contributed by atoms with Crippen LogP contribution < -0.4 is 14.8 Å². The van der Waals surface area contributed by atoms with Crippen molar-refractivity contribution in [3.05, 3.63) is 77.4 Å². The molecule has 5 rings (SSSR count). The Balaban J connectivity index is 0.000000152. The lowest BCUT2D eigenvalue weighted by Gasteiger charge is -2.16. The summed E-state index contributed by atoms with van der Waals surface area (Å²) >= 11 is 1.21. The van der Waals surface area contributed by atoms with Crippen molar-refractivity contribution in [3.63, 3.8) is 0 Å². The smallest absolute Gasteiger partial charge is 0.214 e. The molecule has 0 spiro atoms. The standard InChI is InChI=1S/C14H10F2O.C10H12N2OS/c15-11-2-3-13(16)12(8-11)9-1-4-14-10(7-9)5-6-17-14;1-7-4-8-2-3-9(14-11)5-10(8)12(7)6-13/h1-4,7-8H,5-6H2;2-3,5-7H,4,11H2,1H3. The van der Waals surface area contributed by atoms with Gasteiger partial charge in [0.15, 0.2) is 0 Å². The van der Waals surface area contributed by atoms with Crippen LogP contribution in [0, 0.1) is 11.6 Å². The second kappa shape index (κ2) is 9.08. The highest BCUT2D eigenvalue weighted by Gasteiger charge is 2.25. The number of ether oxygens (including phenoxy) is 1. The maximum atomic E-state index is 13.6. The fourth-order valence-electron chi connectivity index (χ4n) is 3.92. The molecule has 1 amide bonds. The quantitative estimate of drug-likeness (QED) is 0.453. The molecule has 2 N–H and O–H groups in total. The molecular formula is C24H22F2N2O2S. The first kappa shape index (κ1) is 21.3. The highest BCUT2D eigenvalue weighted by atomic mass is 32.2. The fraction of sp³-hybridized carbons (Fsp3) is 0.208. The van der Waals surface area contributed by atoms with Crippen LogP contribution in [0.2, 0.25) is 0 Å². The third-order valence-electron chi connectivity index (χ3n) is 5.50. The van der Waals surface area contributed by atoms with E-state index in [2.05, 4.69) is 0 Å². The van der Waals surface area contributed by atoms with Crippen molar-refractivity contribution in [2.75, 3.05) is 11.5 Å². The minimum Gasteiger partial charge on any atom is -0.493 e. The Morgan fingerprint density at radius 3 is 2.71 bits per heavy atom. The molecule has 1 unspecified atom stereocenters. The van der Waals surface area contributed by atoms with Gasteiger partial charge in [-0.05, 0) is 84.4 Å². The van der Waals surface area contributed by atoms with Crippen LogP contribution in [-0.2, 0) is 17.6 Å². The molecule has 2 aliphatic heterocycles. The van der Waals surface area contributed by atoms with Crippen LogP contribution in [0.3, 0.4) is 0 Å². The molecule has 0 fully saturated rings. The predicted molar refractivity (Wildman–Crippen MR) is 119 cm³/mol. The van der Waals surface area contributed by atoms with Gasteiger partial charge in [0.25, 0.3) is 0 Å². The summed E-state index contributed by atoms with van der Waals surface area (Å²) in [6.07, 6.45) is 2.64. The van der Waals surface area contributed by atoms with E-state index >= 15 is 0 Å². The summed E-state index contributed by atoms with van der Waals surface area (Å²) in [6.45, 7) is 2.70. The summed E-state index contributed by atoms with van der Waals surface area (Å²) in [5, 5.41) is 5.48. The van der Waals surface area contributed by atoms with Crippen LogP contribution in [0.15, 0.2) is 59.5 Å². The Morgan fingerprint density at radius 2 is 1.94 bits per heavy atom. The molecule has 3 aromatic rings. The summed E-state index contributed by atoms with van der Waals surface area (Å²) in [6, 6.07) is 15.2. The number of nitrogens with zero attached hydrogens (tertiary/aromatic N) is 1. The summed E-state index contributed by atoms with van der Waals surface area (Å²) in [4.78, 5) is 13.6. The van der Waals surface area contributed by atoms with Gasteiger partial charge in [0, 0.05) is 28.6 Å². The summed E-state index contributed by atoms with van der Waals surface area (Å²) < 4.78 is 32.1. The van der Waals surface area contributed by atoms with Gasteiger partial charge < -0.3 is 9.64 Å². The number of nitrogens with two attached hydrogens (primary N) is 1. The van der Waals surface area contributed by atoms with Gasteiger partial charge in [0.05, 0.1) is 6.61 Å². The number of anilines is 1. The topological polar surface area (TPSA) is 55.6 Å². The van der Waals surface area contributed by atoms with Crippen LogP contribution in [-0.4, -0.2) is 19.1 Å². The molecule has 0 bridgehead atoms. The molecular weight excluding hydrogens is 418 g/mol. The largest absolute Gasteiger partial charge is 0.493 e. The van der Waals surface area contributed by atoms with Crippen molar-refractivity contribution in [1.29, 1.82) is 0 Å². The zero-order chi connectivity index (χ0) is 22.0. The number of hydrogen-bond acceptors (Lipinski definition) is 4. The molecule has 2 heterocycles. The van der Waals surface area contributed by atoms with E-state index in [9.17, 15) is 13.6 Å². The number of carbonyl (C=O) groups excluding carboxylic acids is 1. The van der Waals surface area contributed by atoms with Gasteiger partial charge in [-0.2, -0.15) is 0 Å². The van der Waals surface area contributed by atoms with Gasteiger partial charge in [-0.15, -0.1) is 0 Å². The van der Waals surface area contributed by atoms with Crippen molar-refractivity contribution in [2.45, 2.75) is 30.7 Å². The second-order valence-electron chi connectivity index (χ2n) is 7.52. The number of carbonyl (C=O) groups is 1. The van der Waals surface area contributed by atoms with Crippen LogP contribution in [0.25, 0.3) is 11.1 Å². The van der Waals surface area contributed by atoms with Gasteiger partial charge in [0.1, 0.15) is 17.4 Å². The monoisotopic (exact) mass is 440 g/mol. The average Bonchev–Trinajstić information content (AvgIpc) is 3.37. The molecule has 31 heavy (non-hydrogen) atoms. The third-order valence-corrected chi connectivity index (χ3v) is 6.03. The Kier molecular flexibility index (Phi) is 6.25. The molecule has 0 aliphatic carbocycles. The van der Waals surface area contributed by atoms with Gasteiger partial charge in [-0.1, -0.05) is 12.1 Å². The van der Waals surface area contributed by atoms with E-state index in [1.165, 1.54) is 23.6 Å². The normalized spacial score (nSPS) is 16.1. The molecule has 160 valence electrons. The molecule has 7 heteroatoms. The van der Waals surface area contributed by atoms with E-state index < -0.39 is 11.6 Å². The summed E-state index contributed by atoms with van der Waals surface area (Å²) in [5.74, 6) is -0.00558. The molecule has 1 atom stereocenters. The first-order valence-corrected chi connectivity index (χ1v) is 10.8. The summed E-state index contributed by atoms with van der Waals surface area (Å²) in [7, 11) is 0. The number of fused-ring (bicyclic) bond motifs is 2. The number of hydrogen-bond donors (Lipinski definition) is 1. The van der Waals surface area contributed by atoms with E-state index in [1.807, 2.05) is 37.3 Å². The molecule has 0 saturated carbocycles. The van der Waals surface area contributed by atoms with Crippen LogP contribution >= 0.6 is 11.9 Å². The first-order valence-electron chi connectivity index (χ1n) is 9.94. The van der Waals surface area contributed by atoms with Gasteiger partial charge in [0.2, 0.25) is 6.41 Å². The lowest BCUT2D eigenvalue weighted by atomic mass is 10.0. The van der Waals surface area contributed by atoms with Crippen molar-refractivity contribution < 1.29 is 18.3 Å². The highest BCUT2D eigenvalue weighted by molar-refractivity contribution is 7.97. The molecule has 0 saturated heterocycles. The SMILES string of the molecule is CC1Cc2ccc(SN)cc2N1C=O.Fc1ccc(F)c(-c2ccc3c(c2)CCO3)c1. The van der Waals surface area contributed by atoms with E-state index in [4.69, 9.17) is 9.88 Å². The van der Waals surface area contributed by atoms with Crippen molar-refractivity contribution in [1.82, 2.24) is 0 Å². The van der Waals surface area contributed by atoms with Crippen LogP contribution in [0.5, 0.6) is 5.75 Å². The second-order valence-corrected chi connectivity index (χ2v) is 8.23. The molecule has 0 radical (unpaired) electrons. The molecule has 0 aromatic heterocycles. The first-order chi connectivity index (χ1) is 15.0. The molecule has 2 aliphatic rings. The van der Waals surface area contributed by atoms with Crippen molar-refractivity contribution in [2.24, 2.45) is 5.14 Å². The van der Waals surface area contributed by atoms with Gasteiger partial charge >= 0.3 is 0 Å². The van der Waals surface area contributed by atoms with Gasteiger partial charge in [-0.3, -0.25) is 9.93 Å². The van der Waals surface area contributed by atoms with E-state index in [0.717, 1.165) is 53.3 Å². The Bertz CT molecular complexity index is 1120. The van der Waals surface area contributed by atoms with Crippen molar-refractivity contribution in [3.8, 4) is 16.9 Å². The maximum absolute atomic E-state index is 13.6. The number of halogens is 2. The summed E-state index contributed by atoms with van der Waals surface area (Å²) in [5.41, 5.74) is 4.25. The minimum absolute atomic E-state index is 0.264. The Labute approximate surface area is 184 Å². The van der Waals surface area contributed by atoms with Crippen LogP contribution in [0.1, 0.15) is 18.1 Å². The zero-order valence-electron chi connectivity index (χ0n) is 17.0.